The molecule has 2 heteroatoms. The fourth-order valence-electron chi connectivity index (χ4n) is 4.08. The summed E-state index contributed by atoms with van der Waals surface area (Å²) in [5.74, 6) is 1.89. The highest BCUT2D eigenvalue weighted by Crippen LogP contribution is 2.35. The van der Waals surface area contributed by atoms with Crippen LogP contribution in [-0.2, 0) is 0 Å². The van der Waals surface area contributed by atoms with Gasteiger partial charge < -0.3 is 10.4 Å². The molecule has 0 unspecified atom stereocenters. The van der Waals surface area contributed by atoms with Crippen molar-refractivity contribution in [2.24, 2.45) is 17.3 Å². The zero-order chi connectivity index (χ0) is 13.6. The number of nitrogens with one attached hydrogen (secondary N) is 1. The van der Waals surface area contributed by atoms with E-state index in [9.17, 15) is 5.11 Å². The van der Waals surface area contributed by atoms with E-state index in [4.69, 9.17) is 0 Å². The molecule has 0 saturated heterocycles. The highest BCUT2D eigenvalue weighted by atomic mass is 16.3. The van der Waals surface area contributed by atoms with E-state index < -0.39 is 0 Å². The fraction of sp³-hybridized carbons (Fsp3) is 1.00. The van der Waals surface area contributed by atoms with Gasteiger partial charge in [-0.15, -0.1) is 0 Å². The molecule has 0 amide bonds. The second kappa shape index (κ2) is 7.64. The third kappa shape index (κ3) is 4.46. The van der Waals surface area contributed by atoms with Gasteiger partial charge in [0, 0.05) is 18.6 Å². The minimum atomic E-state index is 0.207. The molecule has 0 bridgehead atoms. The molecule has 0 aromatic heterocycles. The maximum Gasteiger partial charge on any atom is 0.0499 e. The van der Waals surface area contributed by atoms with Crippen LogP contribution in [0, 0.1) is 17.3 Å². The summed E-state index contributed by atoms with van der Waals surface area (Å²) in [7, 11) is 0. The van der Waals surface area contributed by atoms with Gasteiger partial charge in [0.05, 0.1) is 0 Å². The van der Waals surface area contributed by atoms with Crippen molar-refractivity contribution in [1.82, 2.24) is 5.32 Å². The van der Waals surface area contributed by atoms with Crippen LogP contribution in [0.4, 0.5) is 0 Å². The van der Waals surface area contributed by atoms with E-state index in [0.717, 1.165) is 18.4 Å². The van der Waals surface area contributed by atoms with Crippen LogP contribution in [0.3, 0.4) is 0 Å². The molecule has 2 aliphatic carbocycles. The molecule has 0 heterocycles. The molecule has 0 aromatic carbocycles. The number of aliphatic hydroxyl groups is 1. The Morgan fingerprint density at radius 1 is 1.00 bits per heavy atom. The molecule has 2 N–H and O–H groups in total. The summed E-state index contributed by atoms with van der Waals surface area (Å²) in [5.41, 5.74) is 0.207. The van der Waals surface area contributed by atoms with Gasteiger partial charge >= 0.3 is 0 Å². The van der Waals surface area contributed by atoms with Gasteiger partial charge in [-0.3, -0.25) is 0 Å². The van der Waals surface area contributed by atoms with Crippen LogP contribution in [0.5, 0.6) is 0 Å². The van der Waals surface area contributed by atoms with E-state index in [-0.39, 0.29) is 5.41 Å². The highest BCUT2D eigenvalue weighted by molar-refractivity contribution is 4.85. The smallest absolute Gasteiger partial charge is 0.0499 e. The van der Waals surface area contributed by atoms with Crippen LogP contribution < -0.4 is 5.32 Å². The molecular weight excluding hydrogens is 234 g/mol. The summed E-state index contributed by atoms with van der Waals surface area (Å²) in [4.78, 5) is 0. The molecule has 112 valence electrons. The maximum absolute atomic E-state index is 9.71. The topological polar surface area (TPSA) is 32.3 Å². The summed E-state index contributed by atoms with van der Waals surface area (Å²) in [5, 5.41) is 13.4. The maximum atomic E-state index is 9.71. The van der Waals surface area contributed by atoms with Crippen LogP contribution in [0.1, 0.15) is 71.1 Å². The van der Waals surface area contributed by atoms with E-state index in [0.29, 0.717) is 6.61 Å². The highest BCUT2D eigenvalue weighted by Gasteiger charge is 2.31. The Morgan fingerprint density at radius 3 is 2.21 bits per heavy atom. The van der Waals surface area contributed by atoms with Gasteiger partial charge in [0.25, 0.3) is 0 Å². The predicted octanol–water partition coefficient (Wildman–Crippen LogP) is 3.74. The molecule has 0 atom stereocenters. The minimum Gasteiger partial charge on any atom is -0.396 e. The summed E-state index contributed by atoms with van der Waals surface area (Å²) >= 11 is 0. The van der Waals surface area contributed by atoms with Crippen LogP contribution in [0.15, 0.2) is 0 Å². The average Bonchev–Trinajstić information content (AvgIpc) is 2.49. The number of hydrogen-bond donors (Lipinski definition) is 2. The standard InChI is InChI=1S/C17H33NO/c1-2-15-6-8-16(9-7-15)12-18-13-17(14-19)10-4-3-5-11-17/h15-16,18-19H,2-14H2,1H3. The van der Waals surface area contributed by atoms with E-state index in [1.54, 1.807) is 0 Å². The molecule has 0 aliphatic heterocycles. The van der Waals surface area contributed by atoms with Crippen LogP contribution in [-0.4, -0.2) is 24.8 Å². The molecular formula is C17H33NO. The summed E-state index contributed by atoms with van der Waals surface area (Å²) in [6.07, 6.45) is 13.5. The van der Waals surface area contributed by atoms with Gasteiger partial charge in [-0.05, 0) is 44.1 Å². The van der Waals surface area contributed by atoms with Crippen molar-refractivity contribution in [2.75, 3.05) is 19.7 Å². The Bertz CT molecular complexity index is 240. The van der Waals surface area contributed by atoms with Crippen LogP contribution in [0.25, 0.3) is 0 Å². The average molecular weight is 267 g/mol. The minimum absolute atomic E-state index is 0.207. The van der Waals surface area contributed by atoms with Gasteiger partial charge in [0.2, 0.25) is 0 Å². The fourth-order valence-corrected chi connectivity index (χ4v) is 4.08. The van der Waals surface area contributed by atoms with Gasteiger partial charge in [-0.25, -0.2) is 0 Å². The lowest BCUT2D eigenvalue weighted by molar-refractivity contribution is 0.0794. The van der Waals surface area contributed by atoms with Gasteiger partial charge in [0.1, 0.15) is 0 Å². The Hall–Kier alpha value is -0.0800. The molecule has 2 aliphatic rings. The lowest BCUT2D eigenvalue weighted by Crippen LogP contribution is -2.41. The molecule has 2 saturated carbocycles. The van der Waals surface area contributed by atoms with Crippen LogP contribution in [0.2, 0.25) is 0 Å². The normalized spacial score (nSPS) is 31.3. The monoisotopic (exact) mass is 267 g/mol. The largest absolute Gasteiger partial charge is 0.396 e. The SMILES string of the molecule is CCC1CCC(CNCC2(CO)CCCCC2)CC1. The number of hydrogen-bond acceptors (Lipinski definition) is 2. The summed E-state index contributed by atoms with van der Waals surface area (Å²) in [6.45, 7) is 4.93. The van der Waals surface area contributed by atoms with Crippen molar-refractivity contribution in [2.45, 2.75) is 71.1 Å². The second-order valence-corrected chi connectivity index (χ2v) is 7.14. The van der Waals surface area contributed by atoms with E-state index in [2.05, 4.69) is 12.2 Å². The number of aliphatic hydroxyl groups excluding tert-OH is 1. The van der Waals surface area contributed by atoms with Crippen molar-refractivity contribution >= 4 is 0 Å². The van der Waals surface area contributed by atoms with Crippen molar-refractivity contribution in [3.63, 3.8) is 0 Å². The number of rotatable bonds is 6. The molecule has 19 heavy (non-hydrogen) atoms. The quantitative estimate of drug-likeness (QED) is 0.768. The molecule has 0 aromatic rings. The molecule has 0 spiro atoms. The van der Waals surface area contributed by atoms with Crippen molar-refractivity contribution in [3.8, 4) is 0 Å². The van der Waals surface area contributed by atoms with Crippen molar-refractivity contribution in [1.29, 1.82) is 0 Å². The van der Waals surface area contributed by atoms with Gasteiger partial charge in [0.15, 0.2) is 0 Å². The third-order valence-electron chi connectivity index (χ3n) is 5.73. The van der Waals surface area contributed by atoms with Crippen molar-refractivity contribution in [3.05, 3.63) is 0 Å². The molecule has 2 nitrogen and oxygen atoms in total. The zero-order valence-corrected chi connectivity index (χ0v) is 12.8. The Kier molecular flexibility index (Phi) is 6.15. The summed E-state index contributed by atoms with van der Waals surface area (Å²) in [6, 6.07) is 0. The first-order valence-corrected chi connectivity index (χ1v) is 8.59. The Labute approximate surface area is 119 Å². The van der Waals surface area contributed by atoms with Gasteiger partial charge in [-0.2, -0.15) is 0 Å². The zero-order valence-electron chi connectivity index (χ0n) is 12.8. The Morgan fingerprint density at radius 2 is 1.63 bits per heavy atom. The first-order chi connectivity index (χ1) is 9.28. The van der Waals surface area contributed by atoms with E-state index >= 15 is 0 Å². The summed E-state index contributed by atoms with van der Waals surface area (Å²) < 4.78 is 0. The van der Waals surface area contributed by atoms with E-state index in [1.165, 1.54) is 70.8 Å². The Balaban J connectivity index is 1.65. The lowest BCUT2D eigenvalue weighted by Gasteiger charge is -2.36. The lowest BCUT2D eigenvalue weighted by atomic mass is 9.74. The van der Waals surface area contributed by atoms with E-state index in [1.807, 2.05) is 0 Å². The van der Waals surface area contributed by atoms with Crippen molar-refractivity contribution < 1.29 is 5.11 Å². The first-order valence-electron chi connectivity index (χ1n) is 8.59. The third-order valence-corrected chi connectivity index (χ3v) is 5.73. The van der Waals surface area contributed by atoms with Gasteiger partial charge in [-0.1, -0.05) is 45.4 Å². The van der Waals surface area contributed by atoms with Crippen LogP contribution >= 0.6 is 0 Å². The predicted molar refractivity (Wildman–Crippen MR) is 81.2 cm³/mol. The molecule has 2 rings (SSSR count). The molecule has 0 radical (unpaired) electrons. The molecule has 2 fully saturated rings. The first kappa shape index (κ1) is 15.3. The second-order valence-electron chi connectivity index (χ2n) is 7.14.